The Kier molecular flexibility index (Phi) is 4.46. The molecule has 0 spiro atoms. The maximum Gasteiger partial charge on any atom is 0.243 e. The van der Waals surface area contributed by atoms with Gasteiger partial charge < -0.3 is 9.73 Å². The lowest BCUT2D eigenvalue weighted by Gasteiger charge is -2.18. The van der Waals surface area contributed by atoms with Gasteiger partial charge in [0.15, 0.2) is 0 Å². The number of hydrazone groups is 1. The van der Waals surface area contributed by atoms with Gasteiger partial charge in [0.05, 0.1) is 12.0 Å². The van der Waals surface area contributed by atoms with Crippen molar-refractivity contribution >= 4 is 23.2 Å². The van der Waals surface area contributed by atoms with E-state index in [1.165, 1.54) is 11.9 Å². The second-order valence-corrected chi connectivity index (χ2v) is 5.64. The molecule has 1 aliphatic rings. The molecular formula is C18H19N3O3. The second-order valence-electron chi connectivity index (χ2n) is 5.64. The molecule has 2 aromatic rings. The Balaban J connectivity index is 1.91. The van der Waals surface area contributed by atoms with Crippen molar-refractivity contribution in [2.24, 2.45) is 5.10 Å². The maximum absolute atomic E-state index is 12.2. The van der Waals surface area contributed by atoms with Gasteiger partial charge in [-0.1, -0.05) is 19.1 Å². The minimum absolute atomic E-state index is 0.0515. The van der Waals surface area contributed by atoms with Crippen LogP contribution in [0, 0.1) is 0 Å². The van der Waals surface area contributed by atoms with Crippen LogP contribution in [0.3, 0.4) is 0 Å². The molecule has 0 aliphatic carbocycles. The fourth-order valence-corrected chi connectivity index (χ4v) is 2.76. The van der Waals surface area contributed by atoms with Crippen molar-refractivity contribution in [1.29, 1.82) is 0 Å². The van der Waals surface area contributed by atoms with Crippen molar-refractivity contribution in [2.75, 3.05) is 5.32 Å². The highest BCUT2D eigenvalue weighted by atomic mass is 16.3. The summed E-state index contributed by atoms with van der Waals surface area (Å²) in [5, 5.41) is 8.77. The first-order valence-electron chi connectivity index (χ1n) is 7.89. The molecular weight excluding hydrogens is 306 g/mol. The lowest BCUT2D eigenvalue weighted by molar-refractivity contribution is -0.133. The SMILES string of the molecule is CCC(=O)N1N=C(c2cccc(NC(C)=O)c2)C[C@@H]1c1ccco1. The molecule has 0 bridgehead atoms. The lowest BCUT2D eigenvalue weighted by Crippen LogP contribution is -2.25. The Labute approximate surface area is 140 Å². The highest BCUT2D eigenvalue weighted by Gasteiger charge is 2.34. The van der Waals surface area contributed by atoms with Crippen LogP contribution >= 0.6 is 0 Å². The largest absolute Gasteiger partial charge is 0.467 e. The van der Waals surface area contributed by atoms with Gasteiger partial charge in [-0.15, -0.1) is 0 Å². The van der Waals surface area contributed by atoms with Crippen LogP contribution in [0.5, 0.6) is 0 Å². The molecule has 1 aliphatic heterocycles. The number of amides is 2. The summed E-state index contributed by atoms with van der Waals surface area (Å²) in [6.45, 7) is 3.28. The van der Waals surface area contributed by atoms with E-state index in [9.17, 15) is 9.59 Å². The lowest BCUT2D eigenvalue weighted by atomic mass is 10.0. The molecule has 6 heteroatoms. The van der Waals surface area contributed by atoms with Gasteiger partial charge in [-0.25, -0.2) is 5.01 Å². The molecule has 24 heavy (non-hydrogen) atoms. The number of rotatable bonds is 4. The van der Waals surface area contributed by atoms with E-state index in [1.54, 1.807) is 12.3 Å². The van der Waals surface area contributed by atoms with E-state index in [4.69, 9.17) is 4.42 Å². The summed E-state index contributed by atoms with van der Waals surface area (Å²) in [7, 11) is 0. The van der Waals surface area contributed by atoms with Crippen LogP contribution in [0.25, 0.3) is 0 Å². The zero-order chi connectivity index (χ0) is 17.1. The van der Waals surface area contributed by atoms with Gasteiger partial charge in [0.2, 0.25) is 11.8 Å². The molecule has 0 fully saturated rings. The molecule has 3 rings (SSSR count). The molecule has 2 amide bonds. The fraction of sp³-hybridized carbons (Fsp3) is 0.278. The van der Waals surface area contributed by atoms with Gasteiger partial charge in [0.1, 0.15) is 11.8 Å². The number of nitrogens with zero attached hydrogens (tertiary/aromatic N) is 2. The van der Waals surface area contributed by atoms with Crippen molar-refractivity contribution in [3.8, 4) is 0 Å². The summed E-state index contributed by atoms with van der Waals surface area (Å²) in [4.78, 5) is 23.5. The second kappa shape index (κ2) is 6.70. The van der Waals surface area contributed by atoms with Gasteiger partial charge in [-0.05, 0) is 29.8 Å². The Morgan fingerprint density at radius 2 is 2.17 bits per heavy atom. The fourth-order valence-electron chi connectivity index (χ4n) is 2.76. The third kappa shape index (κ3) is 3.22. The normalized spacial score (nSPS) is 16.8. The van der Waals surface area contributed by atoms with E-state index < -0.39 is 0 Å². The zero-order valence-electron chi connectivity index (χ0n) is 13.7. The minimum Gasteiger partial charge on any atom is -0.467 e. The van der Waals surface area contributed by atoms with Crippen molar-refractivity contribution < 1.29 is 14.0 Å². The van der Waals surface area contributed by atoms with Crippen molar-refractivity contribution in [1.82, 2.24) is 5.01 Å². The summed E-state index contributed by atoms with van der Waals surface area (Å²) < 4.78 is 5.48. The first kappa shape index (κ1) is 16.0. The van der Waals surface area contributed by atoms with Gasteiger partial charge >= 0.3 is 0 Å². The number of hydrogen-bond acceptors (Lipinski definition) is 4. The number of benzene rings is 1. The maximum atomic E-state index is 12.2. The van der Waals surface area contributed by atoms with E-state index in [0.29, 0.717) is 24.3 Å². The van der Waals surface area contributed by atoms with Gasteiger partial charge in [0, 0.05) is 25.5 Å². The van der Waals surface area contributed by atoms with E-state index in [-0.39, 0.29) is 17.9 Å². The molecule has 0 saturated heterocycles. The molecule has 1 N–H and O–H groups in total. The van der Waals surface area contributed by atoms with Crippen molar-refractivity contribution in [3.63, 3.8) is 0 Å². The van der Waals surface area contributed by atoms with Crippen molar-refractivity contribution in [3.05, 3.63) is 54.0 Å². The highest BCUT2D eigenvalue weighted by Crippen LogP contribution is 2.33. The molecule has 1 aromatic carbocycles. The molecule has 0 unspecified atom stereocenters. The minimum atomic E-state index is -0.230. The first-order valence-corrected chi connectivity index (χ1v) is 7.89. The predicted molar refractivity (Wildman–Crippen MR) is 90.5 cm³/mol. The summed E-state index contributed by atoms with van der Waals surface area (Å²) in [5.41, 5.74) is 2.38. The van der Waals surface area contributed by atoms with Crippen LogP contribution in [-0.2, 0) is 9.59 Å². The molecule has 0 radical (unpaired) electrons. The van der Waals surface area contributed by atoms with E-state index in [0.717, 1.165) is 11.3 Å². The number of anilines is 1. The number of carbonyl (C=O) groups is 2. The Hall–Kier alpha value is -2.89. The predicted octanol–water partition coefficient (Wildman–Crippen LogP) is 3.33. The Bertz CT molecular complexity index is 781. The molecule has 6 nitrogen and oxygen atoms in total. The van der Waals surface area contributed by atoms with Crippen LogP contribution in [0.4, 0.5) is 5.69 Å². The number of hydrogen-bond donors (Lipinski definition) is 1. The topological polar surface area (TPSA) is 74.9 Å². The summed E-state index contributed by atoms with van der Waals surface area (Å²) in [5.74, 6) is 0.537. The average Bonchev–Trinajstić information content (AvgIpc) is 3.23. The standard InChI is InChI=1S/C18H19N3O3/c1-3-18(23)21-16(17-8-5-9-24-17)11-15(20-21)13-6-4-7-14(10-13)19-12(2)22/h4-10,16H,3,11H2,1-2H3,(H,19,22)/t16-/m1/s1. The zero-order valence-corrected chi connectivity index (χ0v) is 13.7. The summed E-state index contributed by atoms with van der Waals surface area (Å²) >= 11 is 0. The molecule has 0 saturated carbocycles. The smallest absolute Gasteiger partial charge is 0.243 e. The third-order valence-electron chi connectivity index (χ3n) is 3.86. The third-order valence-corrected chi connectivity index (χ3v) is 3.86. The number of carbonyl (C=O) groups excluding carboxylic acids is 2. The van der Waals surface area contributed by atoms with Gasteiger partial charge in [-0.3, -0.25) is 9.59 Å². The molecule has 124 valence electrons. The van der Waals surface area contributed by atoms with Crippen LogP contribution in [0.2, 0.25) is 0 Å². The van der Waals surface area contributed by atoms with Crippen LogP contribution in [0.15, 0.2) is 52.2 Å². The number of furan rings is 1. The van der Waals surface area contributed by atoms with E-state index in [1.807, 2.05) is 37.3 Å². The van der Waals surface area contributed by atoms with E-state index >= 15 is 0 Å². The number of nitrogens with one attached hydrogen (secondary N) is 1. The van der Waals surface area contributed by atoms with Crippen molar-refractivity contribution in [2.45, 2.75) is 32.7 Å². The van der Waals surface area contributed by atoms with E-state index in [2.05, 4.69) is 10.4 Å². The first-order chi connectivity index (χ1) is 11.6. The average molecular weight is 325 g/mol. The van der Waals surface area contributed by atoms with Gasteiger partial charge in [-0.2, -0.15) is 5.10 Å². The quantitative estimate of drug-likeness (QED) is 0.937. The van der Waals surface area contributed by atoms with Crippen LogP contribution in [0.1, 0.15) is 44.1 Å². The van der Waals surface area contributed by atoms with Crippen LogP contribution < -0.4 is 5.32 Å². The highest BCUT2D eigenvalue weighted by molar-refractivity contribution is 6.04. The Morgan fingerprint density at radius 1 is 1.33 bits per heavy atom. The monoisotopic (exact) mass is 325 g/mol. The molecule has 1 atom stereocenters. The van der Waals surface area contributed by atoms with Crippen LogP contribution in [-0.4, -0.2) is 22.5 Å². The Morgan fingerprint density at radius 3 is 2.83 bits per heavy atom. The molecule has 2 heterocycles. The van der Waals surface area contributed by atoms with Gasteiger partial charge in [0.25, 0.3) is 0 Å². The summed E-state index contributed by atoms with van der Waals surface area (Å²) in [6, 6.07) is 10.9. The summed E-state index contributed by atoms with van der Waals surface area (Å²) in [6.07, 6.45) is 2.54. The molecule has 1 aromatic heterocycles.